The minimum Gasteiger partial charge on any atom is -0.343 e. The number of benzene rings is 2. The predicted molar refractivity (Wildman–Crippen MR) is 150 cm³/mol. The zero-order valence-corrected chi connectivity index (χ0v) is 24.7. The number of piperidine rings is 1. The van der Waals surface area contributed by atoms with E-state index in [0.29, 0.717) is 56.7 Å². The molecule has 6 nitrogen and oxygen atoms in total. The van der Waals surface area contributed by atoms with Gasteiger partial charge in [0.05, 0.1) is 23.2 Å². The van der Waals surface area contributed by atoms with Crippen LogP contribution in [0.1, 0.15) is 68.8 Å². The van der Waals surface area contributed by atoms with Gasteiger partial charge in [0.15, 0.2) is 0 Å². The average Bonchev–Trinajstić information content (AvgIpc) is 2.92. The van der Waals surface area contributed by atoms with Gasteiger partial charge in [-0.05, 0) is 53.6 Å². The van der Waals surface area contributed by atoms with Crippen LogP contribution in [-0.4, -0.2) is 71.4 Å². The fraction of sp³-hybridized carbons (Fsp3) is 0.548. The molecule has 2 fully saturated rings. The third kappa shape index (κ3) is 7.82. The van der Waals surface area contributed by atoms with Crippen molar-refractivity contribution in [2.45, 2.75) is 71.0 Å². The number of carbonyl (C=O) groups excluding carboxylic acids is 2. The van der Waals surface area contributed by atoms with Gasteiger partial charge in [-0.2, -0.15) is 26.3 Å². The van der Waals surface area contributed by atoms with E-state index in [1.807, 2.05) is 25.7 Å². The lowest BCUT2D eigenvalue weighted by atomic mass is 9.83. The van der Waals surface area contributed by atoms with Crippen molar-refractivity contribution < 1.29 is 35.9 Å². The minimum atomic E-state index is -4.53. The lowest BCUT2D eigenvalue weighted by molar-refractivity contribution is -0.138. The van der Waals surface area contributed by atoms with E-state index < -0.39 is 34.9 Å². The van der Waals surface area contributed by atoms with E-state index in [9.17, 15) is 35.9 Å². The van der Waals surface area contributed by atoms with E-state index in [-0.39, 0.29) is 24.0 Å². The summed E-state index contributed by atoms with van der Waals surface area (Å²) in [4.78, 5) is 30.7. The van der Waals surface area contributed by atoms with E-state index in [1.54, 1.807) is 9.80 Å². The average molecular weight is 613 g/mol. The number of alkyl halides is 6. The van der Waals surface area contributed by atoms with Gasteiger partial charge in [0.25, 0.3) is 0 Å². The first-order chi connectivity index (χ1) is 19.9. The fourth-order valence-corrected chi connectivity index (χ4v) is 5.94. The quantitative estimate of drug-likeness (QED) is 0.398. The zero-order chi connectivity index (χ0) is 31.7. The second-order valence-corrected chi connectivity index (χ2v) is 12.4. The summed E-state index contributed by atoms with van der Waals surface area (Å²) in [5.74, 6) is 0.00402. The molecule has 1 N–H and O–H groups in total. The Balaban J connectivity index is 1.60. The summed E-state index contributed by atoms with van der Waals surface area (Å²) >= 11 is 0. The van der Waals surface area contributed by atoms with Crippen LogP contribution in [0.5, 0.6) is 0 Å². The van der Waals surface area contributed by atoms with Crippen LogP contribution in [0.15, 0.2) is 48.5 Å². The SMILES string of the molecule is CC(=O)N1CCC(NC(=O)N2CCN(C(c3ccc(C(F)(F)F)cc3)c3ccc(C(F)(F)F)cc3)CC2C(C)(C)C)CC1. The Morgan fingerprint density at radius 3 is 1.63 bits per heavy atom. The highest BCUT2D eigenvalue weighted by atomic mass is 19.4. The van der Waals surface area contributed by atoms with E-state index >= 15 is 0 Å². The van der Waals surface area contributed by atoms with Crippen molar-refractivity contribution >= 4 is 11.9 Å². The topological polar surface area (TPSA) is 55.9 Å². The van der Waals surface area contributed by atoms with Crippen molar-refractivity contribution in [3.8, 4) is 0 Å². The third-order valence-corrected chi connectivity index (χ3v) is 8.41. The molecule has 0 aromatic heterocycles. The number of rotatable bonds is 4. The minimum absolute atomic E-state index is 0.00402. The molecule has 2 heterocycles. The maximum atomic E-state index is 13.5. The molecule has 1 unspecified atom stereocenters. The van der Waals surface area contributed by atoms with Crippen LogP contribution in [0.25, 0.3) is 0 Å². The Morgan fingerprint density at radius 2 is 1.23 bits per heavy atom. The standard InChI is InChI=1S/C31H38F6N4O2/c1-20(42)39-15-13-25(14-16-39)38-28(43)41-18-17-40(19-26(41)29(2,3)4)27(21-5-9-23(10-6-21)30(32,33)34)22-7-11-24(12-8-22)31(35,36)37/h5-12,25-27H,13-19H2,1-4H3,(H,38,43). The van der Waals surface area contributed by atoms with Crippen molar-refractivity contribution in [3.05, 3.63) is 70.8 Å². The molecule has 12 heteroatoms. The van der Waals surface area contributed by atoms with E-state index in [1.165, 1.54) is 31.2 Å². The molecule has 0 aliphatic carbocycles. The first-order valence-electron chi connectivity index (χ1n) is 14.4. The summed E-state index contributed by atoms with van der Waals surface area (Å²) in [7, 11) is 0. The zero-order valence-electron chi connectivity index (χ0n) is 24.7. The molecule has 2 aromatic carbocycles. The largest absolute Gasteiger partial charge is 0.416 e. The lowest BCUT2D eigenvalue weighted by Crippen LogP contribution is -2.63. The number of carbonyl (C=O) groups is 2. The van der Waals surface area contributed by atoms with Crippen LogP contribution in [-0.2, 0) is 17.1 Å². The molecule has 2 aliphatic heterocycles. The van der Waals surface area contributed by atoms with Crippen molar-refractivity contribution in [1.29, 1.82) is 0 Å². The highest BCUT2D eigenvalue weighted by Gasteiger charge is 2.41. The van der Waals surface area contributed by atoms with Gasteiger partial charge < -0.3 is 15.1 Å². The van der Waals surface area contributed by atoms with Crippen LogP contribution < -0.4 is 5.32 Å². The van der Waals surface area contributed by atoms with Crippen LogP contribution in [0, 0.1) is 5.41 Å². The first-order valence-corrected chi connectivity index (χ1v) is 14.4. The fourth-order valence-electron chi connectivity index (χ4n) is 5.94. The summed E-state index contributed by atoms with van der Waals surface area (Å²) in [6.45, 7) is 9.68. The summed E-state index contributed by atoms with van der Waals surface area (Å²) in [5.41, 5.74) is -0.999. The van der Waals surface area contributed by atoms with Gasteiger partial charge in [0.1, 0.15) is 0 Å². The van der Waals surface area contributed by atoms with E-state index in [4.69, 9.17) is 0 Å². The van der Waals surface area contributed by atoms with Crippen LogP contribution in [0.3, 0.4) is 0 Å². The second kappa shape index (κ2) is 12.4. The molecular weight excluding hydrogens is 574 g/mol. The number of amides is 3. The molecule has 2 saturated heterocycles. The molecule has 3 amide bonds. The maximum Gasteiger partial charge on any atom is 0.416 e. The van der Waals surface area contributed by atoms with Crippen LogP contribution >= 0.6 is 0 Å². The van der Waals surface area contributed by atoms with Crippen LogP contribution in [0.2, 0.25) is 0 Å². The maximum absolute atomic E-state index is 13.5. The van der Waals surface area contributed by atoms with E-state index in [2.05, 4.69) is 5.32 Å². The van der Waals surface area contributed by atoms with Gasteiger partial charge >= 0.3 is 18.4 Å². The normalized spacial score (nSPS) is 19.6. The Kier molecular flexibility index (Phi) is 9.39. The molecule has 4 rings (SSSR count). The molecule has 0 bridgehead atoms. The molecule has 2 aromatic rings. The molecule has 1 atom stereocenters. The Morgan fingerprint density at radius 1 is 0.767 bits per heavy atom. The number of hydrogen-bond donors (Lipinski definition) is 1. The number of piperazine rings is 1. The summed E-state index contributed by atoms with van der Waals surface area (Å²) < 4.78 is 79.8. The lowest BCUT2D eigenvalue weighted by Gasteiger charge is -2.49. The van der Waals surface area contributed by atoms with E-state index in [0.717, 1.165) is 24.3 Å². The number of urea groups is 1. The van der Waals surface area contributed by atoms with Gasteiger partial charge in [0.2, 0.25) is 5.91 Å². The Labute approximate surface area is 248 Å². The predicted octanol–water partition coefficient (Wildman–Crippen LogP) is 6.57. The van der Waals surface area contributed by atoms with Gasteiger partial charge in [-0.25, -0.2) is 4.79 Å². The Bertz CT molecular complexity index is 1210. The monoisotopic (exact) mass is 612 g/mol. The van der Waals surface area contributed by atoms with Crippen molar-refractivity contribution in [2.75, 3.05) is 32.7 Å². The Hall–Kier alpha value is -3.28. The van der Waals surface area contributed by atoms with Crippen molar-refractivity contribution in [1.82, 2.24) is 20.0 Å². The number of halogens is 6. The summed E-state index contributed by atoms with van der Waals surface area (Å²) in [5, 5.41) is 3.12. The number of nitrogens with one attached hydrogen (secondary N) is 1. The van der Waals surface area contributed by atoms with Gasteiger partial charge in [-0.3, -0.25) is 9.69 Å². The van der Waals surface area contributed by atoms with Crippen molar-refractivity contribution in [3.63, 3.8) is 0 Å². The highest BCUT2D eigenvalue weighted by molar-refractivity contribution is 5.75. The first kappa shape index (κ1) is 32.6. The molecule has 236 valence electrons. The molecule has 0 spiro atoms. The molecule has 0 saturated carbocycles. The van der Waals surface area contributed by atoms with Gasteiger partial charge in [-0.15, -0.1) is 0 Å². The van der Waals surface area contributed by atoms with Crippen LogP contribution in [0.4, 0.5) is 31.1 Å². The molecule has 0 radical (unpaired) electrons. The number of likely N-dealkylation sites (tertiary alicyclic amines) is 1. The summed E-state index contributed by atoms with van der Waals surface area (Å²) in [6.07, 6.45) is -7.76. The highest BCUT2D eigenvalue weighted by Crippen LogP contribution is 2.38. The molecule has 2 aliphatic rings. The third-order valence-electron chi connectivity index (χ3n) is 8.41. The number of nitrogens with zero attached hydrogens (tertiary/aromatic N) is 3. The second-order valence-electron chi connectivity index (χ2n) is 12.4. The molecule has 43 heavy (non-hydrogen) atoms. The van der Waals surface area contributed by atoms with Crippen molar-refractivity contribution in [2.24, 2.45) is 5.41 Å². The molecular formula is C31H38F6N4O2. The smallest absolute Gasteiger partial charge is 0.343 e. The summed E-state index contributed by atoms with van der Waals surface area (Å²) in [6, 6.07) is 8.16. The number of hydrogen-bond acceptors (Lipinski definition) is 3. The van der Waals surface area contributed by atoms with Gasteiger partial charge in [0, 0.05) is 45.7 Å². The van der Waals surface area contributed by atoms with Gasteiger partial charge in [-0.1, -0.05) is 45.0 Å².